The summed E-state index contributed by atoms with van der Waals surface area (Å²) in [4.78, 5) is 18.2. The minimum absolute atomic E-state index is 0.146. The highest BCUT2D eigenvalue weighted by Crippen LogP contribution is 2.29. The molecule has 0 fully saturated rings. The number of hydrogen-bond donors (Lipinski definition) is 4. The molecule has 0 aromatic carbocycles. The first kappa shape index (κ1) is 16.0. The maximum absolute atomic E-state index is 12.6. The Morgan fingerprint density at radius 2 is 2.10 bits per heavy atom. The molecular weight excluding hydrogens is 277 g/mol. The van der Waals surface area contributed by atoms with E-state index in [0.717, 1.165) is 6.42 Å². The zero-order valence-corrected chi connectivity index (χ0v) is 10.7. The molecular formula is C10H15F3N6O. The Hall–Kier alpha value is -2.10. The smallest absolute Gasteiger partial charge is 0.361 e. The summed E-state index contributed by atoms with van der Waals surface area (Å²) in [7, 11) is 0. The molecule has 0 saturated heterocycles. The minimum atomic E-state index is -4.63. The molecule has 0 aliphatic carbocycles. The first-order valence-corrected chi connectivity index (χ1v) is 5.80. The summed E-state index contributed by atoms with van der Waals surface area (Å²) in [6.45, 7) is 2.18. The fourth-order valence-electron chi connectivity index (χ4n) is 1.25. The standard InChI is InChI=1S/C10H15F3N6O/c1-2-3-15-8(20)5-16-7-4-6(10(11,12)13)17-9(18-7)19-14/h4H,2-3,5,14H2,1H3,(H,15,20)(H2,16,17,18,19). The molecule has 5 N–H and O–H groups in total. The number of alkyl halides is 3. The van der Waals surface area contributed by atoms with Crippen molar-refractivity contribution in [3.05, 3.63) is 11.8 Å². The van der Waals surface area contributed by atoms with Gasteiger partial charge in [0.2, 0.25) is 11.9 Å². The van der Waals surface area contributed by atoms with Crippen LogP contribution in [0.2, 0.25) is 0 Å². The lowest BCUT2D eigenvalue weighted by molar-refractivity contribution is -0.141. The van der Waals surface area contributed by atoms with E-state index in [1.807, 2.05) is 12.3 Å². The van der Waals surface area contributed by atoms with Crippen LogP contribution in [0.4, 0.5) is 24.9 Å². The van der Waals surface area contributed by atoms with E-state index in [0.29, 0.717) is 12.6 Å². The van der Waals surface area contributed by atoms with E-state index < -0.39 is 17.8 Å². The average Bonchev–Trinajstić information content (AvgIpc) is 2.41. The molecule has 0 spiro atoms. The molecule has 0 radical (unpaired) electrons. The van der Waals surface area contributed by atoms with Crippen LogP contribution in [0, 0.1) is 0 Å². The van der Waals surface area contributed by atoms with E-state index >= 15 is 0 Å². The van der Waals surface area contributed by atoms with Gasteiger partial charge in [-0.05, 0) is 6.42 Å². The van der Waals surface area contributed by atoms with Crippen LogP contribution < -0.4 is 21.9 Å². The van der Waals surface area contributed by atoms with Gasteiger partial charge in [0.25, 0.3) is 0 Å². The molecule has 0 unspecified atom stereocenters. The van der Waals surface area contributed by atoms with Crippen molar-refractivity contribution in [2.75, 3.05) is 23.8 Å². The Bertz CT molecular complexity index is 465. The molecule has 0 aliphatic heterocycles. The number of nitrogens with one attached hydrogen (secondary N) is 3. The number of amides is 1. The molecule has 1 aromatic rings. The maximum Gasteiger partial charge on any atom is 0.433 e. The van der Waals surface area contributed by atoms with Crippen molar-refractivity contribution in [3.8, 4) is 0 Å². The van der Waals surface area contributed by atoms with Gasteiger partial charge in [0.15, 0.2) is 5.69 Å². The summed E-state index contributed by atoms with van der Waals surface area (Å²) in [6, 6.07) is 0.702. The quantitative estimate of drug-likeness (QED) is 0.455. The zero-order valence-electron chi connectivity index (χ0n) is 10.7. The summed E-state index contributed by atoms with van der Waals surface area (Å²) in [6.07, 6.45) is -3.87. The summed E-state index contributed by atoms with van der Waals surface area (Å²) in [5.41, 5.74) is 0.783. The van der Waals surface area contributed by atoms with Crippen LogP contribution in [0.3, 0.4) is 0 Å². The molecule has 112 valence electrons. The number of nitrogens with zero attached hydrogens (tertiary/aromatic N) is 2. The zero-order chi connectivity index (χ0) is 15.2. The van der Waals surface area contributed by atoms with Crippen LogP contribution in [0.25, 0.3) is 0 Å². The SMILES string of the molecule is CCCNC(=O)CNc1cc(C(F)(F)F)nc(NN)n1. The predicted molar refractivity (Wildman–Crippen MR) is 66.6 cm³/mol. The number of carbonyl (C=O) groups is 1. The Labute approximate surface area is 113 Å². The maximum atomic E-state index is 12.6. The fraction of sp³-hybridized carbons (Fsp3) is 0.500. The monoisotopic (exact) mass is 292 g/mol. The third kappa shape index (κ3) is 4.88. The fourth-order valence-corrected chi connectivity index (χ4v) is 1.25. The molecule has 0 aliphatic rings. The van der Waals surface area contributed by atoms with Crippen LogP contribution in [0.5, 0.6) is 0 Å². The van der Waals surface area contributed by atoms with Crippen molar-refractivity contribution in [1.29, 1.82) is 0 Å². The van der Waals surface area contributed by atoms with Gasteiger partial charge in [-0.1, -0.05) is 6.92 Å². The number of hydrogen-bond acceptors (Lipinski definition) is 6. The van der Waals surface area contributed by atoms with Gasteiger partial charge in [-0.25, -0.2) is 10.8 Å². The second-order valence-corrected chi connectivity index (χ2v) is 3.81. The van der Waals surface area contributed by atoms with Gasteiger partial charge in [-0.15, -0.1) is 0 Å². The van der Waals surface area contributed by atoms with Gasteiger partial charge in [0.1, 0.15) is 5.82 Å². The highest BCUT2D eigenvalue weighted by molar-refractivity contribution is 5.80. The normalized spacial score (nSPS) is 11.1. The molecule has 1 heterocycles. The van der Waals surface area contributed by atoms with Crippen LogP contribution in [0.1, 0.15) is 19.0 Å². The van der Waals surface area contributed by atoms with E-state index in [4.69, 9.17) is 5.84 Å². The molecule has 0 atom stereocenters. The molecule has 7 nitrogen and oxygen atoms in total. The van der Waals surface area contributed by atoms with Crippen molar-refractivity contribution >= 4 is 17.7 Å². The van der Waals surface area contributed by atoms with E-state index in [1.54, 1.807) is 0 Å². The summed E-state index contributed by atoms with van der Waals surface area (Å²) in [5.74, 6) is 4.12. The predicted octanol–water partition coefficient (Wildman–Crippen LogP) is 0.719. The number of aromatic nitrogens is 2. The van der Waals surface area contributed by atoms with Crippen molar-refractivity contribution in [1.82, 2.24) is 15.3 Å². The van der Waals surface area contributed by atoms with Crippen molar-refractivity contribution in [2.45, 2.75) is 19.5 Å². The van der Waals surface area contributed by atoms with Crippen LogP contribution in [0.15, 0.2) is 6.07 Å². The average molecular weight is 292 g/mol. The third-order valence-electron chi connectivity index (χ3n) is 2.15. The lowest BCUT2D eigenvalue weighted by atomic mass is 10.3. The molecule has 1 aromatic heterocycles. The molecule has 10 heteroatoms. The van der Waals surface area contributed by atoms with Gasteiger partial charge in [-0.2, -0.15) is 18.2 Å². The number of nitrogens with two attached hydrogens (primary N) is 1. The van der Waals surface area contributed by atoms with E-state index in [9.17, 15) is 18.0 Å². The molecule has 1 rings (SSSR count). The number of anilines is 2. The van der Waals surface area contributed by atoms with Gasteiger partial charge < -0.3 is 10.6 Å². The summed E-state index contributed by atoms with van der Waals surface area (Å²) >= 11 is 0. The minimum Gasteiger partial charge on any atom is -0.361 e. The molecule has 20 heavy (non-hydrogen) atoms. The van der Waals surface area contributed by atoms with Gasteiger partial charge in [-0.3, -0.25) is 10.2 Å². The highest BCUT2D eigenvalue weighted by atomic mass is 19.4. The topological polar surface area (TPSA) is 105 Å². The van der Waals surface area contributed by atoms with E-state index in [2.05, 4.69) is 20.6 Å². The number of hydrazine groups is 1. The van der Waals surface area contributed by atoms with Gasteiger partial charge in [0, 0.05) is 12.6 Å². The lowest BCUT2D eigenvalue weighted by Gasteiger charge is -2.11. The lowest BCUT2D eigenvalue weighted by Crippen LogP contribution is -2.30. The van der Waals surface area contributed by atoms with Crippen LogP contribution in [-0.4, -0.2) is 29.0 Å². The Morgan fingerprint density at radius 1 is 1.40 bits per heavy atom. The summed E-state index contributed by atoms with van der Waals surface area (Å²) < 4.78 is 37.8. The molecule has 0 bridgehead atoms. The highest BCUT2D eigenvalue weighted by Gasteiger charge is 2.33. The van der Waals surface area contributed by atoms with Crippen molar-refractivity contribution < 1.29 is 18.0 Å². The second kappa shape index (κ2) is 6.89. The number of nitrogen functional groups attached to an aromatic ring is 1. The first-order valence-electron chi connectivity index (χ1n) is 5.80. The molecule has 1 amide bonds. The number of carbonyl (C=O) groups excluding carboxylic acids is 1. The largest absolute Gasteiger partial charge is 0.433 e. The second-order valence-electron chi connectivity index (χ2n) is 3.81. The Kier molecular flexibility index (Phi) is 5.50. The Balaban J connectivity index is 2.77. The number of halogens is 3. The van der Waals surface area contributed by atoms with Crippen molar-refractivity contribution in [3.63, 3.8) is 0 Å². The van der Waals surface area contributed by atoms with Crippen LogP contribution in [-0.2, 0) is 11.0 Å². The Morgan fingerprint density at radius 3 is 2.65 bits per heavy atom. The van der Waals surface area contributed by atoms with E-state index in [1.165, 1.54) is 0 Å². The van der Waals surface area contributed by atoms with E-state index in [-0.39, 0.29) is 18.3 Å². The third-order valence-corrected chi connectivity index (χ3v) is 2.15. The van der Waals surface area contributed by atoms with Crippen LogP contribution >= 0.6 is 0 Å². The first-order chi connectivity index (χ1) is 9.36. The van der Waals surface area contributed by atoms with Gasteiger partial charge >= 0.3 is 6.18 Å². The van der Waals surface area contributed by atoms with Gasteiger partial charge in [0.05, 0.1) is 6.54 Å². The van der Waals surface area contributed by atoms with Crippen molar-refractivity contribution in [2.24, 2.45) is 5.84 Å². The number of rotatable bonds is 6. The summed E-state index contributed by atoms with van der Waals surface area (Å²) in [5, 5.41) is 5.05. The molecule has 0 saturated carbocycles.